The topological polar surface area (TPSA) is 69.6 Å². The van der Waals surface area contributed by atoms with Gasteiger partial charge >= 0.3 is 0 Å². The summed E-state index contributed by atoms with van der Waals surface area (Å²) in [6.07, 6.45) is 1.95. The second kappa shape index (κ2) is 6.81. The van der Waals surface area contributed by atoms with Crippen molar-refractivity contribution in [2.75, 3.05) is 0 Å². The van der Waals surface area contributed by atoms with Gasteiger partial charge in [0.15, 0.2) is 0 Å². The van der Waals surface area contributed by atoms with Crippen molar-refractivity contribution in [1.82, 2.24) is 25.0 Å². The van der Waals surface area contributed by atoms with Crippen molar-refractivity contribution >= 4 is 23.1 Å². The van der Waals surface area contributed by atoms with E-state index in [-0.39, 0.29) is 0 Å². The van der Waals surface area contributed by atoms with E-state index in [1.54, 1.807) is 11.3 Å². The fourth-order valence-corrected chi connectivity index (χ4v) is 3.89. The van der Waals surface area contributed by atoms with Crippen LogP contribution in [0.2, 0.25) is 0 Å². The molecule has 0 spiro atoms. The van der Waals surface area contributed by atoms with Gasteiger partial charge in [0.2, 0.25) is 0 Å². The maximum Gasteiger partial charge on any atom is 0.277 e. The van der Waals surface area contributed by atoms with Crippen molar-refractivity contribution in [1.29, 1.82) is 0 Å². The largest absolute Gasteiger partial charge is 0.410 e. The molecule has 0 radical (unpaired) electrons. The standard InChI is InChI=1S/C17H15N5OS2/c1-11-15(25-12(2)18-11)16-19-20-17(23-16)24-10-13-8-9-22(21-13)14-6-4-3-5-7-14/h3-9H,10H2,1-2H3. The van der Waals surface area contributed by atoms with Crippen LogP contribution in [0.25, 0.3) is 16.5 Å². The molecule has 1 aromatic carbocycles. The van der Waals surface area contributed by atoms with Crippen molar-refractivity contribution in [3.63, 3.8) is 0 Å². The molecule has 0 saturated heterocycles. The molecule has 4 rings (SSSR count). The van der Waals surface area contributed by atoms with E-state index in [4.69, 9.17) is 4.42 Å². The molecular formula is C17H15N5OS2. The second-order valence-electron chi connectivity index (χ2n) is 5.40. The summed E-state index contributed by atoms with van der Waals surface area (Å²) in [4.78, 5) is 5.33. The lowest BCUT2D eigenvalue weighted by molar-refractivity contribution is 0.466. The normalized spacial score (nSPS) is 11.1. The van der Waals surface area contributed by atoms with Gasteiger partial charge in [-0.15, -0.1) is 21.5 Å². The summed E-state index contributed by atoms with van der Waals surface area (Å²) in [5.74, 6) is 1.20. The predicted molar refractivity (Wildman–Crippen MR) is 98.0 cm³/mol. The number of aromatic nitrogens is 5. The smallest absolute Gasteiger partial charge is 0.277 e. The van der Waals surface area contributed by atoms with Gasteiger partial charge in [-0.25, -0.2) is 9.67 Å². The van der Waals surface area contributed by atoms with Gasteiger partial charge in [0.05, 0.1) is 22.1 Å². The number of hydrogen-bond donors (Lipinski definition) is 0. The minimum atomic E-state index is 0.528. The van der Waals surface area contributed by atoms with Crippen LogP contribution in [-0.2, 0) is 5.75 Å². The van der Waals surface area contributed by atoms with Gasteiger partial charge in [0, 0.05) is 11.9 Å². The summed E-state index contributed by atoms with van der Waals surface area (Å²) in [6.45, 7) is 3.92. The molecule has 6 nitrogen and oxygen atoms in total. The number of benzene rings is 1. The van der Waals surface area contributed by atoms with Crippen LogP contribution in [0.15, 0.2) is 52.2 Å². The Labute approximate surface area is 152 Å². The van der Waals surface area contributed by atoms with E-state index in [2.05, 4.69) is 20.3 Å². The molecule has 0 amide bonds. The van der Waals surface area contributed by atoms with Crippen LogP contribution in [0.4, 0.5) is 0 Å². The van der Waals surface area contributed by atoms with Gasteiger partial charge in [0.1, 0.15) is 4.88 Å². The number of thiazole rings is 1. The Morgan fingerprint density at radius 1 is 1.12 bits per heavy atom. The highest BCUT2D eigenvalue weighted by molar-refractivity contribution is 7.98. The Hall–Kier alpha value is -2.45. The van der Waals surface area contributed by atoms with E-state index in [1.807, 2.05) is 61.1 Å². The van der Waals surface area contributed by atoms with E-state index in [1.165, 1.54) is 11.8 Å². The predicted octanol–water partition coefficient (Wildman–Crippen LogP) is 4.29. The van der Waals surface area contributed by atoms with Gasteiger partial charge in [-0.3, -0.25) is 0 Å². The Morgan fingerprint density at radius 3 is 2.72 bits per heavy atom. The molecule has 0 aliphatic heterocycles. The molecular weight excluding hydrogens is 354 g/mol. The molecule has 0 atom stereocenters. The molecule has 8 heteroatoms. The van der Waals surface area contributed by atoms with Gasteiger partial charge < -0.3 is 4.42 Å². The zero-order valence-electron chi connectivity index (χ0n) is 13.7. The van der Waals surface area contributed by atoms with E-state index in [0.717, 1.165) is 27.0 Å². The average Bonchev–Trinajstić information content (AvgIpc) is 3.33. The monoisotopic (exact) mass is 369 g/mol. The molecule has 4 aromatic rings. The minimum absolute atomic E-state index is 0.528. The third kappa shape index (κ3) is 3.49. The Kier molecular flexibility index (Phi) is 4.37. The van der Waals surface area contributed by atoms with Crippen LogP contribution in [0.5, 0.6) is 0 Å². The third-order valence-electron chi connectivity index (χ3n) is 3.51. The third-order valence-corrected chi connectivity index (χ3v) is 5.43. The van der Waals surface area contributed by atoms with Crippen molar-refractivity contribution in [2.45, 2.75) is 24.8 Å². The molecule has 0 bridgehead atoms. The van der Waals surface area contributed by atoms with Crippen molar-refractivity contribution < 1.29 is 4.42 Å². The molecule has 25 heavy (non-hydrogen) atoms. The Morgan fingerprint density at radius 2 is 1.96 bits per heavy atom. The first-order chi connectivity index (χ1) is 12.2. The highest BCUT2D eigenvalue weighted by atomic mass is 32.2. The molecule has 126 valence electrons. The summed E-state index contributed by atoms with van der Waals surface area (Å²) in [5.41, 5.74) is 2.91. The highest BCUT2D eigenvalue weighted by Gasteiger charge is 2.15. The number of hydrogen-bond acceptors (Lipinski definition) is 7. The Balaban J connectivity index is 1.44. The maximum absolute atomic E-state index is 5.75. The van der Waals surface area contributed by atoms with Crippen LogP contribution in [0.3, 0.4) is 0 Å². The lowest BCUT2D eigenvalue weighted by Crippen LogP contribution is -1.94. The lowest BCUT2D eigenvalue weighted by atomic mass is 10.3. The van der Waals surface area contributed by atoms with Crippen LogP contribution >= 0.6 is 23.1 Å². The van der Waals surface area contributed by atoms with Crippen LogP contribution in [0.1, 0.15) is 16.4 Å². The van der Waals surface area contributed by atoms with Crippen molar-refractivity contribution in [3.05, 3.63) is 59.0 Å². The molecule has 0 unspecified atom stereocenters. The zero-order valence-corrected chi connectivity index (χ0v) is 15.3. The number of para-hydroxylation sites is 1. The number of rotatable bonds is 5. The summed E-state index contributed by atoms with van der Waals surface area (Å²) < 4.78 is 7.61. The highest BCUT2D eigenvalue weighted by Crippen LogP contribution is 2.31. The van der Waals surface area contributed by atoms with E-state index in [0.29, 0.717) is 16.9 Å². The van der Waals surface area contributed by atoms with E-state index >= 15 is 0 Å². The summed E-state index contributed by atoms with van der Waals surface area (Å²) >= 11 is 3.04. The van der Waals surface area contributed by atoms with Gasteiger partial charge in [-0.05, 0) is 32.0 Å². The number of nitrogens with zero attached hydrogens (tertiary/aromatic N) is 5. The molecule has 0 fully saturated rings. The summed E-state index contributed by atoms with van der Waals surface area (Å²) in [6, 6.07) is 12.0. The summed E-state index contributed by atoms with van der Waals surface area (Å²) in [5, 5.41) is 14.4. The average molecular weight is 369 g/mol. The minimum Gasteiger partial charge on any atom is -0.410 e. The fraction of sp³-hybridized carbons (Fsp3) is 0.176. The van der Waals surface area contributed by atoms with Gasteiger partial charge in [0.25, 0.3) is 11.1 Å². The first kappa shape index (κ1) is 16.0. The molecule has 0 N–H and O–H groups in total. The van der Waals surface area contributed by atoms with Gasteiger partial charge in [-0.1, -0.05) is 30.0 Å². The number of aryl methyl sites for hydroxylation is 2. The molecule has 3 aromatic heterocycles. The maximum atomic E-state index is 5.75. The van der Waals surface area contributed by atoms with Crippen LogP contribution in [-0.4, -0.2) is 25.0 Å². The molecule has 3 heterocycles. The van der Waals surface area contributed by atoms with Crippen molar-refractivity contribution in [2.24, 2.45) is 0 Å². The molecule has 0 saturated carbocycles. The quantitative estimate of drug-likeness (QED) is 0.489. The second-order valence-corrected chi connectivity index (χ2v) is 7.53. The SMILES string of the molecule is Cc1nc(C)c(-c2nnc(SCc3ccn(-c4ccccc4)n3)o2)s1. The van der Waals surface area contributed by atoms with E-state index in [9.17, 15) is 0 Å². The zero-order chi connectivity index (χ0) is 17.2. The van der Waals surface area contributed by atoms with Crippen molar-refractivity contribution in [3.8, 4) is 16.5 Å². The fourth-order valence-electron chi connectivity index (χ4n) is 2.39. The first-order valence-corrected chi connectivity index (χ1v) is 9.50. The summed E-state index contributed by atoms with van der Waals surface area (Å²) in [7, 11) is 0. The van der Waals surface area contributed by atoms with Gasteiger partial charge in [-0.2, -0.15) is 5.10 Å². The molecule has 0 aliphatic rings. The Bertz CT molecular complexity index is 990. The number of thioether (sulfide) groups is 1. The molecule has 0 aliphatic carbocycles. The first-order valence-electron chi connectivity index (χ1n) is 7.70. The van der Waals surface area contributed by atoms with Crippen LogP contribution in [0, 0.1) is 13.8 Å². The van der Waals surface area contributed by atoms with E-state index < -0.39 is 0 Å². The lowest BCUT2D eigenvalue weighted by Gasteiger charge is -1.99. The van der Waals surface area contributed by atoms with Crippen LogP contribution < -0.4 is 0 Å².